The van der Waals surface area contributed by atoms with Crippen molar-refractivity contribution in [3.63, 3.8) is 0 Å². The SMILES string of the molecule is [Cu].[Mo].[NaH].[O]=[Co].[Ti]. The molecule has 0 saturated carbocycles. The van der Waals surface area contributed by atoms with Crippen LogP contribution in [0.25, 0.3) is 0 Å². The number of hydrogen-bond donors (Lipinski definition) is 0. The van der Waals surface area contributed by atoms with Gasteiger partial charge in [-0.15, -0.1) is 0 Å². The third kappa shape index (κ3) is 26.9. The van der Waals surface area contributed by atoms with Crippen molar-refractivity contribution in [2.75, 3.05) is 0 Å². The Balaban J connectivity index is -0.000000000833. The molecule has 0 aromatic carbocycles. The van der Waals surface area contributed by atoms with E-state index in [9.17, 15) is 0 Å². The molecule has 0 atom stereocenters. The predicted molar refractivity (Wildman–Crippen MR) is 7.84 cm³/mol. The van der Waals surface area contributed by atoms with Crippen LogP contribution < -0.4 is 0 Å². The van der Waals surface area contributed by atoms with Crippen LogP contribution >= 0.6 is 0 Å². The van der Waals surface area contributed by atoms with Crippen molar-refractivity contribution in [1.82, 2.24) is 0 Å². The fourth-order valence-corrected chi connectivity index (χ4v) is 0. The third-order valence-corrected chi connectivity index (χ3v) is 0. The maximum Gasteiger partial charge on any atom is 0 e. The largest absolute Gasteiger partial charge is 0 e. The van der Waals surface area contributed by atoms with Gasteiger partial charge in [-0.05, 0) is 0 Å². The van der Waals surface area contributed by atoms with Gasteiger partial charge in [-0.2, -0.15) is 0 Å². The molecular weight excluding hydrogens is 305 g/mol. The molecule has 1 nitrogen and oxygen atoms in total. The molecule has 6 heteroatoms. The molecule has 0 aliphatic heterocycles. The Morgan fingerprint density at radius 2 is 1.17 bits per heavy atom. The number of hydrogen-bond acceptors (Lipinski definition) is 1. The average molecular weight is 306 g/mol. The molecule has 38 valence electrons. The van der Waals surface area contributed by atoms with Crippen LogP contribution in [-0.2, 0) is 79.4 Å². The van der Waals surface area contributed by atoms with Gasteiger partial charge in [-0.25, -0.2) is 0 Å². The zero-order valence-corrected chi connectivity index (χ0v) is 7.50. The van der Waals surface area contributed by atoms with Crippen LogP contribution in [0.4, 0.5) is 0 Å². The van der Waals surface area contributed by atoms with E-state index in [-0.39, 0.29) is 89.4 Å². The van der Waals surface area contributed by atoms with Crippen molar-refractivity contribution in [3.05, 3.63) is 0 Å². The van der Waals surface area contributed by atoms with Gasteiger partial charge >= 0.3 is 49.1 Å². The molecule has 0 fully saturated rings. The van der Waals surface area contributed by atoms with E-state index in [0.29, 0.717) is 0 Å². The average Bonchev–Trinajstić information content (AvgIpc) is 1.00. The summed E-state index contributed by atoms with van der Waals surface area (Å²) in [5.41, 5.74) is 0. The molecular formula is HCoCuMoNaOTi. The van der Waals surface area contributed by atoms with Gasteiger partial charge in [-0.3, -0.25) is 0 Å². The van der Waals surface area contributed by atoms with Crippen LogP contribution in [0.1, 0.15) is 0 Å². The first-order valence-corrected chi connectivity index (χ1v) is 0.561. The molecule has 0 aliphatic rings. The molecule has 0 rings (SSSR count). The van der Waals surface area contributed by atoms with Gasteiger partial charge < -0.3 is 0 Å². The van der Waals surface area contributed by atoms with E-state index >= 15 is 0 Å². The van der Waals surface area contributed by atoms with E-state index in [4.69, 9.17) is 3.87 Å². The summed E-state index contributed by atoms with van der Waals surface area (Å²) in [4.78, 5) is 0. The molecule has 0 heterocycles. The zero-order valence-electron chi connectivity index (χ0n) is 1.95. The molecule has 6 heavy (non-hydrogen) atoms. The third-order valence-electron chi connectivity index (χ3n) is 0. The predicted octanol–water partition coefficient (Wildman–Crippen LogP) is -0.777. The van der Waals surface area contributed by atoms with Crippen molar-refractivity contribution in [2.45, 2.75) is 0 Å². The first-order valence-electron chi connectivity index (χ1n) is 0.136. The second kappa shape index (κ2) is 41.2. The molecule has 0 spiro atoms. The fourth-order valence-electron chi connectivity index (χ4n) is 0. The van der Waals surface area contributed by atoms with E-state index in [1.807, 2.05) is 0 Å². The van der Waals surface area contributed by atoms with Gasteiger partial charge in [0, 0.05) is 59.9 Å². The van der Waals surface area contributed by atoms with Gasteiger partial charge in [-0.1, -0.05) is 0 Å². The summed E-state index contributed by atoms with van der Waals surface area (Å²) in [6.45, 7) is 0. The van der Waals surface area contributed by atoms with Crippen LogP contribution in [0.3, 0.4) is 0 Å². The summed E-state index contributed by atoms with van der Waals surface area (Å²) in [6, 6.07) is 0. The van der Waals surface area contributed by atoms with E-state index in [2.05, 4.69) is 15.7 Å². The molecule has 0 bridgehead atoms. The zero-order chi connectivity index (χ0) is 2.00. The molecule has 0 unspecified atom stereocenters. The van der Waals surface area contributed by atoms with E-state index in [1.165, 1.54) is 0 Å². The minimum absolute atomic E-state index is 0. The molecule has 0 aromatic rings. The maximum absolute atomic E-state index is 7.94. The Kier molecular flexibility index (Phi) is 240. The summed E-state index contributed by atoms with van der Waals surface area (Å²) in [5.74, 6) is 0. The van der Waals surface area contributed by atoms with Gasteiger partial charge in [0.1, 0.15) is 0 Å². The minimum atomic E-state index is 0. The first kappa shape index (κ1) is 34.9. The second-order valence-corrected chi connectivity index (χ2v) is 0. The molecule has 0 N–H and O–H groups in total. The van der Waals surface area contributed by atoms with Crippen molar-refractivity contribution in [2.24, 2.45) is 0 Å². The topological polar surface area (TPSA) is 17.1 Å². The van der Waals surface area contributed by atoms with Crippen LogP contribution in [0, 0.1) is 0 Å². The monoisotopic (exact) mass is 308 g/mol. The smallest absolute Gasteiger partial charge is 0 e. The van der Waals surface area contributed by atoms with Gasteiger partial charge in [0.15, 0.2) is 0 Å². The normalized spacial score (nSPS) is 0.833. The maximum atomic E-state index is 7.94. The van der Waals surface area contributed by atoms with Crippen molar-refractivity contribution < 1.29 is 79.4 Å². The van der Waals surface area contributed by atoms with Crippen LogP contribution in [0.15, 0.2) is 0 Å². The van der Waals surface area contributed by atoms with Crippen molar-refractivity contribution >= 4 is 29.6 Å². The standard InChI is InChI=1S/Co.Cu.Mo.Na.O.Ti.H. The van der Waals surface area contributed by atoms with Crippen molar-refractivity contribution in [3.8, 4) is 0 Å². The summed E-state index contributed by atoms with van der Waals surface area (Å²) >= 11 is 2.31. The van der Waals surface area contributed by atoms with E-state index in [0.717, 1.165) is 0 Å². The fraction of sp³-hybridized carbons (Fsp3) is 0. The van der Waals surface area contributed by atoms with Gasteiger partial charge in [0.05, 0.1) is 0 Å². The van der Waals surface area contributed by atoms with E-state index in [1.54, 1.807) is 0 Å². The Hall–Kier alpha value is 3.23. The van der Waals surface area contributed by atoms with Gasteiger partial charge in [0.25, 0.3) is 0 Å². The molecule has 0 saturated heterocycles. The Morgan fingerprint density at radius 3 is 1.17 bits per heavy atom. The van der Waals surface area contributed by atoms with E-state index < -0.39 is 0 Å². The molecule has 0 amide bonds. The second-order valence-electron chi connectivity index (χ2n) is 0. The van der Waals surface area contributed by atoms with Gasteiger partial charge in [0.2, 0.25) is 0 Å². The van der Waals surface area contributed by atoms with Crippen LogP contribution in [-0.4, -0.2) is 29.6 Å². The Bertz CT molecular complexity index is 15.5. The molecule has 0 aliphatic carbocycles. The van der Waals surface area contributed by atoms with Crippen LogP contribution in [0.2, 0.25) is 0 Å². The molecule has 1 radical (unpaired) electrons. The van der Waals surface area contributed by atoms with Crippen LogP contribution in [0.5, 0.6) is 0 Å². The Morgan fingerprint density at radius 1 is 1.17 bits per heavy atom. The van der Waals surface area contributed by atoms with Crippen molar-refractivity contribution in [1.29, 1.82) is 0 Å². The quantitative estimate of drug-likeness (QED) is 0.537. The minimum Gasteiger partial charge on any atom is 0 e. The summed E-state index contributed by atoms with van der Waals surface area (Å²) in [5, 5.41) is 0. The summed E-state index contributed by atoms with van der Waals surface area (Å²) < 4.78 is 7.94. The number of rotatable bonds is 0. The Labute approximate surface area is 107 Å². The first-order chi connectivity index (χ1) is 1.00. The molecule has 0 aromatic heterocycles. The summed E-state index contributed by atoms with van der Waals surface area (Å²) in [7, 11) is 0. The summed E-state index contributed by atoms with van der Waals surface area (Å²) in [6.07, 6.45) is 0.